The van der Waals surface area contributed by atoms with Crippen LogP contribution in [-0.2, 0) is 0 Å². The average molecular weight is 551 g/mol. The van der Waals surface area contributed by atoms with Gasteiger partial charge in [0.05, 0.1) is 10.2 Å². The number of aromatic nitrogens is 3. The van der Waals surface area contributed by atoms with Gasteiger partial charge in [0, 0.05) is 42.8 Å². The van der Waals surface area contributed by atoms with Gasteiger partial charge in [-0.25, -0.2) is 9.97 Å². The van der Waals surface area contributed by atoms with Crippen LogP contribution in [0.5, 0.6) is 0 Å². The summed E-state index contributed by atoms with van der Waals surface area (Å²) in [5.41, 5.74) is 4.88. The number of benzene rings is 3. The quantitative estimate of drug-likeness (QED) is 0.178. The Kier molecular flexibility index (Phi) is 7.44. The summed E-state index contributed by atoms with van der Waals surface area (Å²) >= 11 is 1.69. The van der Waals surface area contributed by atoms with Crippen LogP contribution in [0.4, 0.5) is 5.82 Å². The molecule has 0 saturated carbocycles. The molecular weight excluding hydrogens is 520 g/mol. The molecule has 0 radical (unpaired) electrons. The fourth-order valence-electron chi connectivity index (χ4n) is 5.00. The Bertz CT molecular complexity index is 2080. The molecule has 0 bridgehead atoms. The van der Waals surface area contributed by atoms with Crippen molar-refractivity contribution in [3.8, 4) is 11.4 Å². The second-order valence-corrected chi connectivity index (χ2v) is 10.9. The van der Waals surface area contributed by atoms with Crippen molar-refractivity contribution in [2.45, 2.75) is 12.8 Å². The highest BCUT2D eigenvalue weighted by Crippen LogP contribution is 2.38. The number of nitrogens with one attached hydrogen (secondary N) is 2. The molecule has 0 fully saturated rings. The first kappa shape index (κ1) is 26.2. The number of hydrogen-bond acceptors (Lipinski definition) is 4. The number of para-hydroxylation sites is 1. The maximum atomic E-state index is 4.99. The molecule has 6 rings (SSSR count). The summed E-state index contributed by atoms with van der Waals surface area (Å²) < 4.78 is 2.19. The molecule has 0 atom stereocenters. The van der Waals surface area contributed by atoms with Gasteiger partial charge in [-0.05, 0) is 42.7 Å². The van der Waals surface area contributed by atoms with Crippen molar-refractivity contribution >= 4 is 61.0 Å². The molecule has 0 unspecified atom stereocenters. The first-order valence-corrected chi connectivity index (χ1v) is 14.4. The van der Waals surface area contributed by atoms with E-state index in [4.69, 9.17) is 9.97 Å². The Morgan fingerprint density at radius 2 is 1.68 bits per heavy atom. The molecule has 0 spiro atoms. The van der Waals surface area contributed by atoms with E-state index < -0.39 is 0 Å². The molecule has 200 valence electrons. The number of rotatable bonds is 9. The highest BCUT2D eigenvalue weighted by atomic mass is 32.1. The van der Waals surface area contributed by atoms with Gasteiger partial charge < -0.3 is 10.3 Å². The Morgan fingerprint density at radius 1 is 0.927 bits per heavy atom. The number of thiophene rings is 1. The molecule has 41 heavy (non-hydrogen) atoms. The summed E-state index contributed by atoms with van der Waals surface area (Å²) in [5, 5.41) is 7.79. The Hall–Kier alpha value is -5.00. The number of aromatic amines is 1. The van der Waals surface area contributed by atoms with Crippen LogP contribution in [0.25, 0.3) is 55.2 Å². The van der Waals surface area contributed by atoms with Crippen molar-refractivity contribution < 1.29 is 0 Å². The van der Waals surface area contributed by atoms with Crippen molar-refractivity contribution in [2.24, 2.45) is 0 Å². The van der Waals surface area contributed by atoms with Gasteiger partial charge in [-0.3, -0.25) is 0 Å². The van der Waals surface area contributed by atoms with E-state index in [1.54, 1.807) is 17.4 Å². The van der Waals surface area contributed by atoms with Gasteiger partial charge in [-0.1, -0.05) is 105 Å². The fraction of sp³-hybridized carbons (Fsp3) is 0.0556. The molecule has 6 aromatic rings. The molecule has 0 aliphatic carbocycles. The van der Waals surface area contributed by atoms with Crippen LogP contribution in [-0.4, -0.2) is 15.0 Å². The number of allylic oxidation sites excluding steroid dienone is 5. The molecule has 2 N–H and O–H groups in total. The van der Waals surface area contributed by atoms with Gasteiger partial charge >= 0.3 is 0 Å². The van der Waals surface area contributed by atoms with Crippen LogP contribution in [0.2, 0.25) is 0 Å². The van der Waals surface area contributed by atoms with Crippen molar-refractivity contribution in [2.75, 3.05) is 5.32 Å². The largest absolute Gasteiger partial charge is 0.355 e. The second-order valence-electron chi connectivity index (χ2n) is 9.82. The summed E-state index contributed by atoms with van der Waals surface area (Å²) in [4.78, 5) is 13.4. The number of H-pyrrole nitrogens is 1. The van der Waals surface area contributed by atoms with E-state index in [1.165, 1.54) is 4.70 Å². The first-order chi connectivity index (χ1) is 20.1. The highest BCUT2D eigenvalue weighted by molar-refractivity contribution is 7.26. The van der Waals surface area contributed by atoms with Gasteiger partial charge in [-0.15, -0.1) is 11.3 Å². The van der Waals surface area contributed by atoms with Crippen LogP contribution in [0.1, 0.15) is 12.8 Å². The molecule has 0 amide bonds. The van der Waals surface area contributed by atoms with Gasteiger partial charge in [0.25, 0.3) is 0 Å². The van der Waals surface area contributed by atoms with Crippen molar-refractivity contribution in [1.82, 2.24) is 15.0 Å². The van der Waals surface area contributed by atoms with Gasteiger partial charge in [0.1, 0.15) is 0 Å². The predicted octanol–water partition coefficient (Wildman–Crippen LogP) is 8.26. The number of hydrogen-bond donors (Lipinski definition) is 2. The summed E-state index contributed by atoms with van der Waals surface area (Å²) in [6.07, 6.45) is 11.9. The van der Waals surface area contributed by atoms with E-state index in [0.717, 1.165) is 72.6 Å². The Morgan fingerprint density at radius 3 is 2.51 bits per heavy atom. The van der Waals surface area contributed by atoms with Gasteiger partial charge in [0.2, 0.25) is 0 Å². The van der Waals surface area contributed by atoms with E-state index >= 15 is 0 Å². The monoisotopic (exact) mass is 550 g/mol. The minimum atomic E-state index is 0.683. The standard InChI is InChI=1S/C36H30N4S/c1-4-5-6-8-15-26(23-30-25(3)38-31-20-13-11-18-28(30)31)22-24(2)37-36-34-33(29-19-12-14-21-32(29)41-34)39-35(40-36)27-16-9-7-10-17-27/h4-7,9-14,16-23,38H,1-3,8,15H2,(H,37,39,40)/b6-5-,26-22-,30-23-. The lowest BCUT2D eigenvalue weighted by molar-refractivity contribution is 1.02. The molecule has 3 aromatic heterocycles. The third-order valence-corrected chi connectivity index (χ3v) is 8.09. The van der Waals surface area contributed by atoms with Gasteiger partial charge in [-0.2, -0.15) is 0 Å². The van der Waals surface area contributed by atoms with E-state index in [-0.39, 0.29) is 0 Å². The summed E-state index contributed by atoms with van der Waals surface area (Å²) in [6.45, 7) is 12.4. The summed E-state index contributed by atoms with van der Waals surface area (Å²) in [7, 11) is 0. The lowest BCUT2D eigenvalue weighted by atomic mass is 10.1. The molecule has 4 nitrogen and oxygen atoms in total. The molecular formula is C36H30N4S. The lowest BCUT2D eigenvalue weighted by Gasteiger charge is -2.10. The summed E-state index contributed by atoms with van der Waals surface area (Å²) in [6, 6.07) is 26.7. The molecule has 0 saturated heterocycles. The maximum Gasteiger partial charge on any atom is 0.162 e. The van der Waals surface area contributed by atoms with Crippen LogP contribution in [0, 0.1) is 0 Å². The van der Waals surface area contributed by atoms with Gasteiger partial charge in [0.15, 0.2) is 11.6 Å². The van der Waals surface area contributed by atoms with Crippen molar-refractivity contribution in [1.29, 1.82) is 0 Å². The molecule has 3 aromatic carbocycles. The third kappa shape index (κ3) is 5.53. The average Bonchev–Trinajstić information content (AvgIpc) is 3.53. The van der Waals surface area contributed by atoms with Crippen LogP contribution >= 0.6 is 11.3 Å². The Balaban J connectivity index is 1.43. The van der Waals surface area contributed by atoms with Crippen LogP contribution < -0.4 is 15.9 Å². The zero-order valence-corrected chi connectivity index (χ0v) is 23.5. The SMILES string of the molecule is C=C/C=C\CCC(=C/C(=C)Nc1nc(-c2ccccc2)nc2c1sc1ccccc12)/C=c1/c(=C)[nH]c2ccccc12. The van der Waals surface area contributed by atoms with Crippen molar-refractivity contribution in [3.63, 3.8) is 0 Å². The molecule has 5 heteroatoms. The smallest absolute Gasteiger partial charge is 0.162 e. The van der Waals surface area contributed by atoms with Crippen LogP contribution in [0.15, 0.2) is 128 Å². The lowest BCUT2D eigenvalue weighted by Crippen LogP contribution is -2.21. The topological polar surface area (TPSA) is 53.6 Å². The molecule has 3 heterocycles. The highest BCUT2D eigenvalue weighted by Gasteiger charge is 2.15. The van der Waals surface area contributed by atoms with E-state index in [0.29, 0.717) is 5.82 Å². The Labute approximate surface area is 243 Å². The number of nitrogens with zero attached hydrogens (tertiary/aromatic N) is 2. The van der Waals surface area contributed by atoms with E-state index in [9.17, 15) is 0 Å². The number of anilines is 1. The first-order valence-electron chi connectivity index (χ1n) is 13.6. The minimum Gasteiger partial charge on any atom is -0.355 e. The minimum absolute atomic E-state index is 0.683. The zero-order valence-electron chi connectivity index (χ0n) is 22.7. The van der Waals surface area contributed by atoms with Crippen molar-refractivity contribution in [3.05, 3.63) is 138 Å². The second kappa shape index (κ2) is 11.6. The molecule has 0 aliphatic heterocycles. The maximum absolute atomic E-state index is 4.99. The zero-order chi connectivity index (χ0) is 28.2. The normalized spacial score (nSPS) is 12.6. The predicted molar refractivity (Wildman–Crippen MR) is 177 cm³/mol. The van der Waals surface area contributed by atoms with E-state index in [1.807, 2.05) is 42.5 Å². The van der Waals surface area contributed by atoms with Crippen LogP contribution in [0.3, 0.4) is 0 Å². The summed E-state index contributed by atoms with van der Waals surface area (Å²) in [5.74, 6) is 1.44. The fourth-order valence-corrected chi connectivity index (χ4v) is 6.09. The molecule has 0 aliphatic rings. The van der Waals surface area contributed by atoms with E-state index in [2.05, 4.69) is 90.7 Å². The third-order valence-electron chi connectivity index (χ3n) is 6.92. The number of fused-ring (bicyclic) bond motifs is 4.